The maximum absolute atomic E-state index is 12.0. The highest BCUT2D eigenvalue weighted by molar-refractivity contribution is 5.81. The Kier molecular flexibility index (Phi) is 4.36. The molecule has 2 rings (SSSR count). The van der Waals surface area contributed by atoms with Crippen molar-refractivity contribution in [2.75, 3.05) is 6.61 Å². The number of fused-ring (bicyclic) bond motifs is 1. The molecule has 1 amide bonds. The predicted molar refractivity (Wildman–Crippen MR) is 68.2 cm³/mol. The van der Waals surface area contributed by atoms with E-state index in [9.17, 15) is 4.79 Å². The molecule has 2 heterocycles. The lowest BCUT2D eigenvalue weighted by Crippen LogP contribution is -2.45. The number of rotatable bonds is 5. The molecular weight excluding hydrogens is 230 g/mol. The summed E-state index contributed by atoms with van der Waals surface area (Å²) in [5.41, 5.74) is 0. The van der Waals surface area contributed by atoms with Crippen LogP contribution in [0.3, 0.4) is 0 Å². The van der Waals surface area contributed by atoms with Gasteiger partial charge in [0.1, 0.15) is 11.9 Å². The van der Waals surface area contributed by atoms with Crippen LogP contribution in [-0.4, -0.2) is 34.2 Å². The first-order valence-corrected chi connectivity index (χ1v) is 6.66. The number of carbonyl (C=O) groups is 1. The minimum Gasteiger partial charge on any atom is -0.369 e. The van der Waals surface area contributed by atoms with E-state index in [0.29, 0.717) is 13.0 Å². The van der Waals surface area contributed by atoms with Crippen LogP contribution >= 0.6 is 0 Å². The molecule has 0 spiro atoms. The van der Waals surface area contributed by atoms with Gasteiger partial charge in [0, 0.05) is 38.0 Å². The monoisotopic (exact) mass is 251 g/mol. The minimum absolute atomic E-state index is 0.00733. The predicted octanol–water partition coefficient (Wildman–Crippen LogP) is 1.13. The molecule has 5 nitrogen and oxygen atoms in total. The molecule has 18 heavy (non-hydrogen) atoms. The fourth-order valence-electron chi connectivity index (χ4n) is 2.36. The van der Waals surface area contributed by atoms with Gasteiger partial charge in [0.25, 0.3) is 0 Å². The summed E-state index contributed by atoms with van der Waals surface area (Å²) in [4.78, 5) is 16.3. The maximum atomic E-state index is 12.0. The molecule has 1 N–H and O–H groups in total. The summed E-state index contributed by atoms with van der Waals surface area (Å²) < 4.78 is 7.52. The molecule has 0 saturated heterocycles. The Morgan fingerprint density at radius 3 is 3.22 bits per heavy atom. The van der Waals surface area contributed by atoms with Crippen LogP contribution in [0, 0.1) is 0 Å². The summed E-state index contributed by atoms with van der Waals surface area (Å²) in [6.07, 6.45) is 6.04. The van der Waals surface area contributed by atoms with Crippen LogP contribution in [-0.2, 0) is 22.5 Å². The molecule has 0 bridgehead atoms. The van der Waals surface area contributed by atoms with E-state index < -0.39 is 0 Å². The molecule has 1 aromatic heterocycles. The molecule has 5 heteroatoms. The number of hydrogen-bond donors (Lipinski definition) is 1. The Labute approximate surface area is 108 Å². The highest BCUT2D eigenvalue weighted by Gasteiger charge is 2.23. The number of nitrogens with one attached hydrogen (secondary N) is 1. The number of nitrogens with zero attached hydrogens (tertiary/aromatic N) is 2. The summed E-state index contributed by atoms with van der Waals surface area (Å²) in [6, 6.07) is 0.189. The van der Waals surface area contributed by atoms with Crippen molar-refractivity contribution in [3.8, 4) is 0 Å². The van der Waals surface area contributed by atoms with Gasteiger partial charge in [-0.25, -0.2) is 4.98 Å². The average Bonchev–Trinajstić information content (AvgIpc) is 2.83. The van der Waals surface area contributed by atoms with E-state index in [4.69, 9.17) is 4.74 Å². The second-order valence-corrected chi connectivity index (χ2v) is 4.59. The SMILES string of the molecule is CCO[C@H](CC)C(=O)N[C@H]1CCc2nccn2C1. The van der Waals surface area contributed by atoms with Crippen molar-refractivity contribution >= 4 is 5.91 Å². The molecule has 0 aliphatic carbocycles. The van der Waals surface area contributed by atoms with Gasteiger partial charge in [0.05, 0.1) is 0 Å². The average molecular weight is 251 g/mol. The third-order valence-electron chi connectivity index (χ3n) is 3.31. The standard InChI is InChI=1S/C13H21N3O2/c1-3-11(18-4-2)13(17)15-10-5-6-12-14-7-8-16(12)9-10/h7-8,10-11H,3-6,9H2,1-2H3,(H,15,17)/t10-,11+/m0/s1. The molecule has 2 atom stereocenters. The Hall–Kier alpha value is -1.36. The molecule has 1 aliphatic rings. The number of imidazole rings is 1. The summed E-state index contributed by atoms with van der Waals surface area (Å²) in [5, 5.41) is 3.07. The third kappa shape index (κ3) is 2.90. The first-order chi connectivity index (χ1) is 8.74. The van der Waals surface area contributed by atoms with Crippen molar-refractivity contribution in [1.82, 2.24) is 14.9 Å². The topological polar surface area (TPSA) is 56.1 Å². The summed E-state index contributed by atoms with van der Waals surface area (Å²) in [5.74, 6) is 1.12. The van der Waals surface area contributed by atoms with Gasteiger partial charge < -0.3 is 14.6 Å². The number of aromatic nitrogens is 2. The Morgan fingerprint density at radius 2 is 2.50 bits per heavy atom. The van der Waals surface area contributed by atoms with Gasteiger partial charge in [0.2, 0.25) is 5.91 Å². The smallest absolute Gasteiger partial charge is 0.249 e. The molecule has 0 saturated carbocycles. The van der Waals surface area contributed by atoms with E-state index in [2.05, 4.69) is 14.9 Å². The fraction of sp³-hybridized carbons (Fsp3) is 0.692. The molecule has 0 aromatic carbocycles. The summed E-state index contributed by atoms with van der Waals surface area (Å²) >= 11 is 0. The van der Waals surface area contributed by atoms with Crippen molar-refractivity contribution in [3.05, 3.63) is 18.2 Å². The van der Waals surface area contributed by atoms with Crippen molar-refractivity contribution in [2.45, 2.75) is 51.8 Å². The van der Waals surface area contributed by atoms with Gasteiger partial charge in [-0.1, -0.05) is 6.92 Å². The lowest BCUT2D eigenvalue weighted by atomic mass is 10.1. The van der Waals surface area contributed by atoms with Gasteiger partial charge in [0.15, 0.2) is 0 Å². The van der Waals surface area contributed by atoms with E-state index in [-0.39, 0.29) is 18.1 Å². The third-order valence-corrected chi connectivity index (χ3v) is 3.31. The Morgan fingerprint density at radius 1 is 1.67 bits per heavy atom. The number of aryl methyl sites for hydroxylation is 1. The van der Waals surface area contributed by atoms with E-state index >= 15 is 0 Å². The molecular formula is C13H21N3O2. The van der Waals surface area contributed by atoms with Gasteiger partial charge in [-0.2, -0.15) is 0 Å². The van der Waals surface area contributed by atoms with Gasteiger partial charge in [-0.15, -0.1) is 0 Å². The van der Waals surface area contributed by atoms with Gasteiger partial charge in [-0.05, 0) is 19.8 Å². The van der Waals surface area contributed by atoms with Crippen LogP contribution in [0.1, 0.15) is 32.5 Å². The van der Waals surface area contributed by atoms with E-state index in [1.807, 2.05) is 26.2 Å². The van der Waals surface area contributed by atoms with Crippen molar-refractivity contribution in [2.24, 2.45) is 0 Å². The van der Waals surface area contributed by atoms with Crippen LogP contribution in [0.25, 0.3) is 0 Å². The summed E-state index contributed by atoms with van der Waals surface area (Å²) in [7, 11) is 0. The van der Waals surface area contributed by atoms with Crippen LogP contribution in [0.15, 0.2) is 12.4 Å². The lowest BCUT2D eigenvalue weighted by Gasteiger charge is -2.26. The highest BCUT2D eigenvalue weighted by atomic mass is 16.5. The first-order valence-electron chi connectivity index (χ1n) is 6.66. The molecule has 0 unspecified atom stereocenters. The number of carbonyl (C=O) groups excluding carboxylic acids is 1. The zero-order valence-electron chi connectivity index (χ0n) is 11.1. The first kappa shape index (κ1) is 13.1. The number of hydrogen-bond acceptors (Lipinski definition) is 3. The van der Waals surface area contributed by atoms with Crippen molar-refractivity contribution in [3.63, 3.8) is 0 Å². The second-order valence-electron chi connectivity index (χ2n) is 4.59. The van der Waals surface area contributed by atoms with Gasteiger partial charge >= 0.3 is 0 Å². The fourth-order valence-corrected chi connectivity index (χ4v) is 2.36. The van der Waals surface area contributed by atoms with Crippen LogP contribution in [0.4, 0.5) is 0 Å². The van der Waals surface area contributed by atoms with E-state index in [0.717, 1.165) is 25.2 Å². The molecule has 1 aliphatic heterocycles. The molecule has 100 valence electrons. The number of amides is 1. The highest BCUT2D eigenvalue weighted by Crippen LogP contribution is 2.13. The largest absolute Gasteiger partial charge is 0.369 e. The van der Waals surface area contributed by atoms with Crippen LogP contribution in [0.2, 0.25) is 0 Å². The van der Waals surface area contributed by atoms with Crippen LogP contribution in [0.5, 0.6) is 0 Å². The molecule has 0 radical (unpaired) electrons. The van der Waals surface area contributed by atoms with Crippen molar-refractivity contribution < 1.29 is 9.53 Å². The Balaban J connectivity index is 1.89. The quantitative estimate of drug-likeness (QED) is 0.853. The number of ether oxygens (including phenoxy) is 1. The molecule has 1 aromatic rings. The summed E-state index contributed by atoms with van der Waals surface area (Å²) in [6.45, 7) is 5.26. The minimum atomic E-state index is -0.320. The van der Waals surface area contributed by atoms with Gasteiger partial charge in [-0.3, -0.25) is 4.79 Å². The van der Waals surface area contributed by atoms with E-state index in [1.165, 1.54) is 0 Å². The second kappa shape index (κ2) is 6.00. The lowest BCUT2D eigenvalue weighted by molar-refractivity contribution is -0.133. The zero-order chi connectivity index (χ0) is 13.0. The van der Waals surface area contributed by atoms with Crippen molar-refractivity contribution in [1.29, 1.82) is 0 Å². The molecule has 0 fully saturated rings. The van der Waals surface area contributed by atoms with Crippen LogP contribution < -0.4 is 5.32 Å². The Bertz CT molecular complexity index is 403. The maximum Gasteiger partial charge on any atom is 0.249 e. The van der Waals surface area contributed by atoms with E-state index in [1.54, 1.807) is 0 Å². The normalized spacial score (nSPS) is 20.2. The zero-order valence-corrected chi connectivity index (χ0v) is 11.1.